The summed E-state index contributed by atoms with van der Waals surface area (Å²) >= 11 is 0. The Morgan fingerprint density at radius 3 is 2.88 bits per heavy atom. The van der Waals surface area contributed by atoms with Crippen LogP contribution in [0, 0.1) is 0 Å². The van der Waals surface area contributed by atoms with Crippen molar-refractivity contribution in [1.82, 2.24) is 10.2 Å². The maximum absolute atomic E-state index is 10.8. The van der Waals surface area contributed by atoms with E-state index in [9.17, 15) is 4.79 Å². The van der Waals surface area contributed by atoms with Gasteiger partial charge in [0.1, 0.15) is 0 Å². The summed E-state index contributed by atoms with van der Waals surface area (Å²) in [6.45, 7) is 7.28. The second kappa shape index (κ2) is 6.86. The maximum atomic E-state index is 10.8. The van der Waals surface area contributed by atoms with Crippen LogP contribution >= 0.6 is 0 Å². The van der Waals surface area contributed by atoms with Crippen LogP contribution in [0.15, 0.2) is 0 Å². The van der Waals surface area contributed by atoms with Gasteiger partial charge in [0.25, 0.3) is 0 Å². The van der Waals surface area contributed by atoms with E-state index in [1.807, 2.05) is 6.92 Å². The van der Waals surface area contributed by atoms with Crippen LogP contribution in [0.2, 0.25) is 0 Å². The minimum atomic E-state index is -0.697. The van der Waals surface area contributed by atoms with E-state index in [1.165, 1.54) is 12.8 Å². The Balaban J connectivity index is 2.53. The van der Waals surface area contributed by atoms with Crippen LogP contribution in [0.3, 0.4) is 0 Å². The molecule has 0 saturated carbocycles. The fraction of sp³-hybridized carbons (Fsp3) is 0.917. The molecule has 0 aromatic carbocycles. The molecular formula is C12H24N2O2. The van der Waals surface area contributed by atoms with Gasteiger partial charge in [-0.1, -0.05) is 6.92 Å². The fourth-order valence-corrected chi connectivity index (χ4v) is 2.51. The number of nitrogens with zero attached hydrogens (tertiary/aromatic N) is 1. The van der Waals surface area contributed by atoms with Gasteiger partial charge in [-0.3, -0.25) is 9.69 Å². The fourth-order valence-electron chi connectivity index (χ4n) is 2.51. The molecule has 1 rings (SSSR count). The van der Waals surface area contributed by atoms with Crippen LogP contribution in [0.5, 0.6) is 0 Å². The first-order valence-corrected chi connectivity index (χ1v) is 6.33. The van der Waals surface area contributed by atoms with Gasteiger partial charge in [0, 0.05) is 18.6 Å². The van der Waals surface area contributed by atoms with E-state index in [4.69, 9.17) is 5.11 Å². The molecule has 2 atom stereocenters. The molecule has 0 amide bonds. The Hall–Kier alpha value is -0.610. The summed E-state index contributed by atoms with van der Waals surface area (Å²) in [6.07, 6.45) is 3.72. The van der Waals surface area contributed by atoms with E-state index in [-0.39, 0.29) is 12.5 Å². The molecule has 0 aromatic rings. The Kier molecular flexibility index (Phi) is 5.77. The molecular weight excluding hydrogens is 204 g/mol. The highest BCUT2D eigenvalue weighted by atomic mass is 16.4. The predicted molar refractivity (Wildman–Crippen MR) is 64.6 cm³/mol. The topological polar surface area (TPSA) is 52.6 Å². The standard InChI is InChI=1S/C12H24N2O2/c1-3-7-14(10(2)8-12(15)16)11-5-4-6-13-9-11/h10-11,13H,3-9H2,1-2H3,(H,15,16). The number of piperidine rings is 1. The van der Waals surface area contributed by atoms with Gasteiger partial charge in [0.15, 0.2) is 0 Å². The monoisotopic (exact) mass is 228 g/mol. The smallest absolute Gasteiger partial charge is 0.304 e. The van der Waals surface area contributed by atoms with Crippen molar-refractivity contribution in [3.05, 3.63) is 0 Å². The van der Waals surface area contributed by atoms with Crippen LogP contribution in [0.25, 0.3) is 0 Å². The molecule has 4 heteroatoms. The number of nitrogens with one attached hydrogen (secondary N) is 1. The summed E-state index contributed by atoms with van der Waals surface area (Å²) in [6, 6.07) is 0.658. The number of aliphatic carboxylic acids is 1. The van der Waals surface area contributed by atoms with Crippen molar-refractivity contribution in [3.63, 3.8) is 0 Å². The van der Waals surface area contributed by atoms with Gasteiger partial charge in [-0.05, 0) is 39.3 Å². The summed E-state index contributed by atoms with van der Waals surface area (Å²) in [5, 5.41) is 12.2. The number of carbonyl (C=O) groups is 1. The van der Waals surface area contributed by atoms with Crippen LogP contribution in [0.1, 0.15) is 39.5 Å². The Morgan fingerprint density at radius 2 is 2.38 bits per heavy atom. The number of carboxylic acids is 1. The molecule has 1 aliphatic rings. The zero-order valence-corrected chi connectivity index (χ0v) is 10.4. The van der Waals surface area contributed by atoms with Crippen molar-refractivity contribution in [2.45, 2.75) is 51.6 Å². The summed E-state index contributed by atoms with van der Waals surface area (Å²) in [5.74, 6) is -0.697. The molecule has 2 unspecified atom stereocenters. The lowest BCUT2D eigenvalue weighted by atomic mass is 10.0. The SMILES string of the molecule is CCCN(C(C)CC(=O)O)C1CCCNC1. The highest BCUT2D eigenvalue weighted by molar-refractivity contribution is 5.67. The first kappa shape index (κ1) is 13.5. The Labute approximate surface area is 98.0 Å². The van der Waals surface area contributed by atoms with E-state index in [2.05, 4.69) is 17.1 Å². The largest absolute Gasteiger partial charge is 0.481 e. The van der Waals surface area contributed by atoms with Crippen molar-refractivity contribution in [3.8, 4) is 0 Å². The number of hydrogen-bond acceptors (Lipinski definition) is 3. The minimum Gasteiger partial charge on any atom is -0.481 e. The second-order valence-electron chi connectivity index (χ2n) is 4.68. The highest BCUT2D eigenvalue weighted by Gasteiger charge is 2.25. The molecule has 94 valence electrons. The van der Waals surface area contributed by atoms with Gasteiger partial charge in [0.05, 0.1) is 6.42 Å². The zero-order chi connectivity index (χ0) is 12.0. The van der Waals surface area contributed by atoms with E-state index < -0.39 is 5.97 Å². The van der Waals surface area contributed by atoms with E-state index >= 15 is 0 Å². The summed E-state index contributed by atoms with van der Waals surface area (Å²) in [5.41, 5.74) is 0. The molecule has 4 nitrogen and oxygen atoms in total. The van der Waals surface area contributed by atoms with Crippen LogP contribution in [-0.4, -0.2) is 47.7 Å². The lowest BCUT2D eigenvalue weighted by Gasteiger charge is -2.38. The van der Waals surface area contributed by atoms with E-state index in [1.54, 1.807) is 0 Å². The zero-order valence-electron chi connectivity index (χ0n) is 10.4. The predicted octanol–water partition coefficient (Wildman–Crippen LogP) is 1.31. The molecule has 0 aromatic heterocycles. The van der Waals surface area contributed by atoms with Crippen molar-refractivity contribution in [2.75, 3.05) is 19.6 Å². The molecule has 1 saturated heterocycles. The average Bonchev–Trinajstić information content (AvgIpc) is 2.26. The minimum absolute atomic E-state index is 0.141. The van der Waals surface area contributed by atoms with Crippen molar-refractivity contribution < 1.29 is 9.90 Å². The summed E-state index contributed by atoms with van der Waals surface area (Å²) in [7, 11) is 0. The third-order valence-corrected chi connectivity index (χ3v) is 3.26. The number of carboxylic acid groups (broad SMARTS) is 1. The Bertz CT molecular complexity index is 215. The highest BCUT2D eigenvalue weighted by Crippen LogP contribution is 2.16. The molecule has 2 N–H and O–H groups in total. The van der Waals surface area contributed by atoms with Crippen molar-refractivity contribution in [2.24, 2.45) is 0 Å². The van der Waals surface area contributed by atoms with E-state index in [0.29, 0.717) is 6.04 Å². The molecule has 1 heterocycles. The molecule has 0 spiro atoms. The normalized spacial score (nSPS) is 23.3. The van der Waals surface area contributed by atoms with Gasteiger partial charge in [-0.15, -0.1) is 0 Å². The quantitative estimate of drug-likeness (QED) is 0.720. The molecule has 0 radical (unpaired) electrons. The Morgan fingerprint density at radius 1 is 1.62 bits per heavy atom. The molecule has 0 aliphatic carbocycles. The van der Waals surface area contributed by atoms with Gasteiger partial charge in [0.2, 0.25) is 0 Å². The number of hydrogen-bond donors (Lipinski definition) is 2. The lowest BCUT2D eigenvalue weighted by Crippen LogP contribution is -2.50. The lowest BCUT2D eigenvalue weighted by molar-refractivity contribution is -0.138. The summed E-state index contributed by atoms with van der Waals surface area (Å²) < 4.78 is 0. The first-order valence-electron chi connectivity index (χ1n) is 6.33. The molecule has 1 fully saturated rings. The van der Waals surface area contributed by atoms with Crippen molar-refractivity contribution in [1.29, 1.82) is 0 Å². The van der Waals surface area contributed by atoms with Gasteiger partial charge < -0.3 is 10.4 Å². The summed E-state index contributed by atoms with van der Waals surface area (Å²) in [4.78, 5) is 13.1. The van der Waals surface area contributed by atoms with Gasteiger partial charge in [-0.2, -0.15) is 0 Å². The van der Waals surface area contributed by atoms with E-state index in [0.717, 1.165) is 26.1 Å². The van der Waals surface area contributed by atoms with Crippen molar-refractivity contribution >= 4 is 5.97 Å². The third-order valence-electron chi connectivity index (χ3n) is 3.26. The molecule has 16 heavy (non-hydrogen) atoms. The molecule has 1 aliphatic heterocycles. The molecule has 0 bridgehead atoms. The first-order chi connectivity index (χ1) is 7.65. The maximum Gasteiger partial charge on any atom is 0.304 e. The third kappa shape index (κ3) is 4.10. The van der Waals surface area contributed by atoms with Crippen LogP contribution in [0.4, 0.5) is 0 Å². The van der Waals surface area contributed by atoms with Crippen LogP contribution < -0.4 is 5.32 Å². The van der Waals surface area contributed by atoms with Crippen LogP contribution in [-0.2, 0) is 4.79 Å². The van der Waals surface area contributed by atoms with Gasteiger partial charge >= 0.3 is 5.97 Å². The average molecular weight is 228 g/mol. The number of rotatable bonds is 6. The van der Waals surface area contributed by atoms with Gasteiger partial charge in [-0.25, -0.2) is 0 Å². The second-order valence-corrected chi connectivity index (χ2v) is 4.68.